The lowest BCUT2D eigenvalue weighted by Crippen LogP contribution is -2.05. The van der Waals surface area contributed by atoms with Gasteiger partial charge in [0.2, 0.25) is 5.43 Å². The maximum absolute atomic E-state index is 12.5. The van der Waals surface area contributed by atoms with E-state index in [0.29, 0.717) is 16.9 Å². The summed E-state index contributed by atoms with van der Waals surface area (Å²) in [6.07, 6.45) is 1.31. The predicted octanol–water partition coefficient (Wildman–Crippen LogP) is 2.88. The molecule has 0 aliphatic carbocycles. The maximum atomic E-state index is 12.5. The van der Waals surface area contributed by atoms with E-state index >= 15 is 0 Å². The largest absolute Gasteiger partial charge is 0.508 e. The highest BCUT2D eigenvalue weighted by molar-refractivity contribution is 5.87. The molecule has 0 spiro atoms. The first-order chi connectivity index (χ1) is 10.1. The van der Waals surface area contributed by atoms with E-state index in [2.05, 4.69) is 0 Å². The molecule has 5 heteroatoms. The Kier molecular flexibility index (Phi) is 3.02. The molecule has 0 bridgehead atoms. The number of hydrogen-bond acceptors (Lipinski definition) is 5. The van der Waals surface area contributed by atoms with E-state index in [-0.39, 0.29) is 27.9 Å². The molecule has 1 heterocycles. The normalized spacial score (nSPS) is 10.7. The molecule has 2 aromatic carbocycles. The van der Waals surface area contributed by atoms with Crippen molar-refractivity contribution in [2.24, 2.45) is 0 Å². The second kappa shape index (κ2) is 4.86. The Morgan fingerprint density at radius 1 is 1.10 bits per heavy atom. The van der Waals surface area contributed by atoms with Crippen LogP contribution in [0.5, 0.6) is 17.2 Å². The average Bonchev–Trinajstić information content (AvgIpc) is 2.47. The van der Waals surface area contributed by atoms with Crippen LogP contribution in [0.3, 0.4) is 0 Å². The van der Waals surface area contributed by atoms with Crippen LogP contribution in [-0.4, -0.2) is 17.3 Å². The van der Waals surface area contributed by atoms with Gasteiger partial charge in [-0.1, -0.05) is 12.1 Å². The number of benzene rings is 2. The van der Waals surface area contributed by atoms with Crippen LogP contribution in [0.2, 0.25) is 0 Å². The third-order valence-corrected chi connectivity index (χ3v) is 3.24. The highest BCUT2D eigenvalue weighted by Gasteiger charge is 2.13. The molecule has 21 heavy (non-hydrogen) atoms. The van der Waals surface area contributed by atoms with Crippen molar-refractivity contribution in [1.29, 1.82) is 0 Å². The van der Waals surface area contributed by atoms with Gasteiger partial charge >= 0.3 is 0 Å². The zero-order valence-electron chi connectivity index (χ0n) is 11.2. The van der Waals surface area contributed by atoms with E-state index < -0.39 is 0 Å². The number of methoxy groups -OCH3 is 1. The standard InChI is InChI=1S/C16H12O5/c1-20-11-4-2-9(3-5-11)12-8-21-14-7-10(17)6-13(18)15(14)16(12)19/h2-8,17-18H,1H3/i8+1,12+1,16+1. The van der Waals surface area contributed by atoms with Crippen molar-refractivity contribution in [2.75, 3.05) is 7.11 Å². The van der Waals surface area contributed by atoms with Crippen molar-refractivity contribution in [3.05, 3.63) is 52.9 Å². The van der Waals surface area contributed by atoms with Crippen LogP contribution in [0.25, 0.3) is 22.1 Å². The molecular formula is C16H12O5. The lowest BCUT2D eigenvalue weighted by atomic mass is 10.2. The fourth-order valence-electron chi connectivity index (χ4n) is 2.19. The highest BCUT2D eigenvalue weighted by atomic mass is 16.5. The van der Waals surface area contributed by atoms with Gasteiger partial charge in [-0.25, -0.2) is 0 Å². The van der Waals surface area contributed by atoms with Crippen LogP contribution in [0.15, 0.2) is 51.9 Å². The van der Waals surface area contributed by atoms with E-state index in [4.69, 9.17) is 9.15 Å². The summed E-state index contributed by atoms with van der Waals surface area (Å²) >= 11 is 0. The lowest BCUT2D eigenvalue weighted by Gasteiger charge is -2.05. The Morgan fingerprint density at radius 2 is 1.81 bits per heavy atom. The van der Waals surface area contributed by atoms with Crippen LogP contribution >= 0.6 is 0 Å². The van der Waals surface area contributed by atoms with Crippen LogP contribution in [-0.2, 0) is 0 Å². The number of phenols is 2. The molecule has 2 N–H and O–H groups in total. The van der Waals surface area contributed by atoms with Gasteiger partial charge in [0.25, 0.3) is 0 Å². The summed E-state index contributed by atoms with van der Waals surface area (Å²) in [7, 11) is 1.56. The molecule has 0 fully saturated rings. The fraction of sp³-hybridized carbons (Fsp3) is 0.0625. The van der Waals surface area contributed by atoms with Gasteiger partial charge in [-0.15, -0.1) is 0 Å². The van der Waals surface area contributed by atoms with Crippen molar-refractivity contribution < 1.29 is 19.4 Å². The van der Waals surface area contributed by atoms with E-state index in [9.17, 15) is 15.0 Å². The minimum Gasteiger partial charge on any atom is -0.508 e. The van der Waals surface area contributed by atoms with Crippen molar-refractivity contribution in [3.63, 3.8) is 0 Å². The first-order valence-electron chi connectivity index (χ1n) is 6.22. The third-order valence-electron chi connectivity index (χ3n) is 3.24. The molecule has 0 aliphatic heterocycles. The van der Waals surface area contributed by atoms with Crippen molar-refractivity contribution >= 4 is 11.0 Å². The quantitative estimate of drug-likeness (QED) is 0.757. The van der Waals surface area contributed by atoms with Gasteiger partial charge in [-0.3, -0.25) is 4.79 Å². The number of hydrogen-bond donors (Lipinski definition) is 2. The van der Waals surface area contributed by atoms with Gasteiger partial charge in [0, 0.05) is 12.1 Å². The second-order valence-electron chi connectivity index (χ2n) is 4.55. The molecular weight excluding hydrogens is 275 g/mol. The summed E-state index contributed by atoms with van der Waals surface area (Å²) in [6, 6.07) is 9.32. The number of phenolic OH excluding ortho intramolecular Hbond substituents is 2. The van der Waals surface area contributed by atoms with E-state index in [1.54, 1.807) is 31.4 Å². The first kappa shape index (κ1) is 13.1. The van der Waals surface area contributed by atoms with Gasteiger partial charge in [-0.05, 0) is 17.7 Å². The summed E-state index contributed by atoms with van der Waals surface area (Å²) in [5.74, 6) is 0.200. The number of fused-ring (bicyclic) bond motifs is 1. The summed E-state index contributed by atoms with van der Waals surface area (Å²) in [4.78, 5) is 12.5. The molecule has 0 saturated carbocycles. The van der Waals surface area contributed by atoms with Crippen molar-refractivity contribution in [1.82, 2.24) is 0 Å². The summed E-state index contributed by atoms with van der Waals surface area (Å²) < 4.78 is 10.4. The first-order valence-corrected chi connectivity index (χ1v) is 6.22. The maximum Gasteiger partial charge on any atom is 0.204 e. The molecule has 0 unspecified atom stereocenters. The third kappa shape index (κ3) is 2.18. The topological polar surface area (TPSA) is 79.9 Å². The Morgan fingerprint density at radius 3 is 2.48 bits per heavy atom. The van der Waals surface area contributed by atoms with Gasteiger partial charge in [0.1, 0.15) is 34.5 Å². The van der Waals surface area contributed by atoms with Crippen LogP contribution in [0.4, 0.5) is 0 Å². The van der Waals surface area contributed by atoms with Gasteiger partial charge in [0.15, 0.2) is 0 Å². The van der Waals surface area contributed by atoms with E-state index in [0.717, 1.165) is 6.07 Å². The summed E-state index contributed by atoms with van der Waals surface area (Å²) in [5, 5.41) is 19.3. The minimum absolute atomic E-state index is 0.0427. The number of rotatable bonds is 2. The molecule has 0 aliphatic rings. The monoisotopic (exact) mass is 287 g/mol. The van der Waals surface area contributed by atoms with Crippen LogP contribution in [0.1, 0.15) is 0 Å². The number of ether oxygens (including phenoxy) is 1. The summed E-state index contributed by atoms with van der Waals surface area (Å²) in [6.45, 7) is 0. The number of aromatic hydroxyl groups is 2. The Balaban J connectivity index is 2.24. The predicted molar refractivity (Wildman–Crippen MR) is 77.8 cm³/mol. The van der Waals surface area contributed by atoms with Gasteiger partial charge in [-0.2, -0.15) is 0 Å². The molecule has 1 aromatic heterocycles. The Labute approximate surface area is 119 Å². The van der Waals surface area contributed by atoms with Crippen molar-refractivity contribution in [3.8, 4) is 28.4 Å². The van der Waals surface area contributed by atoms with Crippen LogP contribution < -0.4 is 10.2 Å². The van der Waals surface area contributed by atoms with E-state index in [1.807, 2.05) is 0 Å². The summed E-state index contributed by atoms with van der Waals surface area (Å²) in [5.41, 5.74) is 0.749. The Hall–Kier alpha value is -2.95. The van der Waals surface area contributed by atoms with E-state index in [1.165, 1.54) is 12.3 Å². The zero-order chi connectivity index (χ0) is 15.0. The molecule has 106 valence electrons. The average molecular weight is 287 g/mol. The van der Waals surface area contributed by atoms with Crippen LogP contribution in [0, 0.1) is 0 Å². The SMILES string of the molecule is COc1ccc(-[13c]2[13cH]oc3cc(O)cc(O)c3[13c]2=O)cc1. The lowest BCUT2D eigenvalue weighted by molar-refractivity contribution is 0.415. The molecule has 3 aromatic rings. The molecule has 0 saturated heterocycles. The molecule has 3 rings (SSSR count). The van der Waals surface area contributed by atoms with Gasteiger partial charge < -0.3 is 19.4 Å². The van der Waals surface area contributed by atoms with Crippen molar-refractivity contribution in [2.45, 2.75) is 0 Å². The fourth-order valence-corrected chi connectivity index (χ4v) is 2.19. The second-order valence-corrected chi connectivity index (χ2v) is 4.55. The Bertz CT molecular complexity index is 862. The zero-order valence-corrected chi connectivity index (χ0v) is 11.2. The molecule has 0 amide bonds. The smallest absolute Gasteiger partial charge is 0.204 e. The molecule has 5 nitrogen and oxygen atoms in total. The molecule has 0 atom stereocenters. The minimum atomic E-state index is -0.362. The van der Waals surface area contributed by atoms with Gasteiger partial charge in [0.05, 0.1) is 12.7 Å². The highest BCUT2D eigenvalue weighted by Crippen LogP contribution is 2.29. The molecule has 0 radical (unpaired) electrons.